The van der Waals surface area contributed by atoms with Gasteiger partial charge in [0.05, 0.1) is 5.60 Å². The molecule has 1 atom stereocenters. The normalized spacial score (nSPS) is 23.0. The van der Waals surface area contributed by atoms with E-state index in [-0.39, 0.29) is 11.5 Å². The minimum atomic E-state index is -0.135. The Hall–Kier alpha value is -1.95. The van der Waals surface area contributed by atoms with Crippen molar-refractivity contribution in [3.63, 3.8) is 0 Å². The second-order valence-electron chi connectivity index (χ2n) is 8.40. The van der Waals surface area contributed by atoms with Gasteiger partial charge in [-0.1, -0.05) is 0 Å². The van der Waals surface area contributed by atoms with Gasteiger partial charge < -0.3 is 4.74 Å². The van der Waals surface area contributed by atoms with E-state index in [9.17, 15) is 4.79 Å². The summed E-state index contributed by atoms with van der Waals surface area (Å²) in [6.45, 7) is 6.92. The molecule has 2 aliphatic rings. The van der Waals surface area contributed by atoms with E-state index in [1.165, 1.54) is 6.42 Å². The van der Waals surface area contributed by atoms with Gasteiger partial charge in [0.15, 0.2) is 5.65 Å². The van der Waals surface area contributed by atoms with Crippen LogP contribution in [0.15, 0.2) is 12.1 Å². The summed E-state index contributed by atoms with van der Waals surface area (Å²) in [5.41, 5.74) is 2.58. The number of rotatable bonds is 4. The molecule has 4 rings (SSSR count). The van der Waals surface area contributed by atoms with Crippen molar-refractivity contribution in [2.45, 2.75) is 70.9 Å². The molecule has 1 N–H and O–H groups in total. The number of carbonyl (C=O) groups excluding carboxylic acids is 1. The molecule has 0 radical (unpaired) electrons. The number of anilines is 1. The lowest BCUT2D eigenvalue weighted by Gasteiger charge is -2.35. The summed E-state index contributed by atoms with van der Waals surface area (Å²) in [4.78, 5) is 22.0. The van der Waals surface area contributed by atoms with Gasteiger partial charge in [0.1, 0.15) is 5.52 Å². The number of nitrogens with one attached hydrogen (secondary N) is 1. The first-order chi connectivity index (χ1) is 12.4. The molecular weight excluding hydrogens is 328 g/mol. The molecule has 3 heterocycles. The zero-order chi connectivity index (χ0) is 18.3. The number of pyridine rings is 1. The van der Waals surface area contributed by atoms with E-state index in [4.69, 9.17) is 4.74 Å². The molecule has 1 unspecified atom stereocenters. The van der Waals surface area contributed by atoms with Gasteiger partial charge in [-0.15, -0.1) is 0 Å². The number of imidazole rings is 1. The molecule has 0 spiro atoms. The Bertz CT molecular complexity index is 823. The van der Waals surface area contributed by atoms with Gasteiger partial charge in [0, 0.05) is 24.8 Å². The SMILES string of the molecule is Cc1ccc2nc(NC(=O)CC3CCOC(C)(C)C3)n(C3CCC3)c2n1. The van der Waals surface area contributed by atoms with Crippen LogP contribution in [0.1, 0.15) is 64.1 Å². The summed E-state index contributed by atoms with van der Waals surface area (Å²) >= 11 is 0. The summed E-state index contributed by atoms with van der Waals surface area (Å²) in [6.07, 6.45) is 5.85. The minimum absolute atomic E-state index is 0.0419. The summed E-state index contributed by atoms with van der Waals surface area (Å²) in [6, 6.07) is 4.35. The van der Waals surface area contributed by atoms with E-state index in [1.807, 2.05) is 19.1 Å². The first kappa shape index (κ1) is 17.5. The number of fused-ring (bicyclic) bond motifs is 1. The fourth-order valence-electron chi connectivity index (χ4n) is 4.12. The molecule has 2 aromatic heterocycles. The van der Waals surface area contributed by atoms with E-state index in [1.54, 1.807) is 0 Å². The lowest BCUT2D eigenvalue weighted by atomic mass is 9.86. The average Bonchev–Trinajstić information content (AvgIpc) is 2.82. The van der Waals surface area contributed by atoms with E-state index < -0.39 is 0 Å². The largest absolute Gasteiger partial charge is 0.376 e. The molecule has 0 aromatic carbocycles. The van der Waals surface area contributed by atoms with Crippen molar-refractivity contribution in [2.24, 2.45) is 5.92 Å². The summed E-state index contributed by atoms with van der Waals surface area (Å²) in [7, 11) is 0. The van der Waals surface area contributed by atoms with E-state index in [0.29, 0.717) is 24.3 Å². The highest BCUT2D eigenvalue weighted by atomic mass is 16.5. The third-order valence-corrected chi connectivity index (χ3v) is 5.64. The summed E-state index contributed by atoms with van der Waals surface area (Å²) in [5, 5.41) is 3.08. The Balaban J connectivity index is 1.54. The van der Waals surface area contributed by atoms with E-state index in [0.717, 1.165) is 49.1 Å². The highest BCUT2D eigenvalue weighted by Gasteiger charge is 2.31. The van der Waals surface area contributed by atoms with Crippen molar-refractivity contribution in [1.29, 1.82) is 0 Å². The lowest BCUT2D eigenvalue weighted by Crippen LogP contribution is -2.35. The van der Waals surface area contributed by atoms with Crippen LogP contribution in [0.25, 0.3) is 11.2 Å². The van der Waals surface area contributed by atoms with Crippen LogP contribution >= 0.6 is 0 Å². The molecule has 2 aromatic rings. The van der Waals surface area contributed by atoms with Crippen LogP contribution in [0.3, 0.4) is 0 Å². The number of hydrogen-bond donors (Lipinski definition) is 1. The molecular formula is C20H28N4O2. The highest BCUT2D eigenvalue weighted by molar-refractivity contribution is 5.91. The van der Waals surface area contributed by atoms with Crippen molar-refractivity contribution >= 4 is 23.0 Å². The fraction of sp³-hybridized carbons (Fsp3) is 0.650. The number of hydrogen-bond acceptors (Lipinski definition) is 4. The number of nitrogens with zero attached hydrogens (tertiary/aromatic N) is 3. The van der Waals surface area contributed by atoms with Crippen LogP contribution in [-0.2, 0) is 9.53 Å². The molecule has 6 heteroatoms. The van der Waals surface area contributed by atoms with Crippen molar-refractivity contribution < 1.29 is 9.53 Å². The van der Waals surface area contributed by atoms with Crippen molar-refractivity contribution in [1.82, 2.24) is 14.5 Å². The minimum Gasteiger partial charge on any atom is -0.376 e. The van der Waals surface area contributed by atoms with Gasteiger partial charge in [-0.25, -0.2) is 9.97 Å². The molecule has 1 saturated carbocycles. The Kier molecular flexibility index (Phi) is 4.47. The maximum absolute atomic E-state index is 12.7. The van der Waals surface area contributed by atoms with Crippen LogP contribution in [0, 0.1) is 12.8 Å². The fourth-order valence-corrected chi connectivity index (χ4v) is 4.12. The Morgan fingerprint density at radius 2 is 2.12 bits per heavy atom. The lowest BCUT2D eigenvalue weighted by molar-refractivity contribution is -0.120. The molecule has 2 fully saturated rings. The Labute approximate surface area is 154 Å². The maximum atomic E-state index is 12.7. The first-order valence-corrected chi connectivity index (χ1v) is 9.71. The number of carbonyl (C=O) groups is 1. The van der Waals surface area contributed by atoms with Crippen LogP contribution in [0.4, 0.5) is 5.95 Å². The summed E-state index contributed by atoms with van der Waals surface area (Å²) in [5.74, 6) is 1.06. The van der Waals surface area contributed by atoms with Crippen LogP contribution in [0.2, 0.25) is 0 Å². The molecule has 0 bridgehead atoms. The standard InChI is InChI=1S/C20H28N4O2/c1-13-7-8-16-18(21-13)24(15-5-4-6-15)19(22-16)23-17(25)11-14-9-10-26-20(2,3)12-14/h7-8,14-15H,4-6,9-12H2,1-3H3,(H,22,23,25). The second kappa shape index (κ2) is 6.65. The number of ether oxygens (including phenoxy) is 1. The Morgan fingerprint density at radius 3 is 2.81 bits per heavy atom. The van der Waals surface area contributed by atoms with Gasteiger partial charge in [0.2, 0.25) is 11.9 Å². The van der Waals surface area contributed by atoms with Gasteiger partial charge in [0.25, 0.3) is 0 Å². The van der Waals surface area contributed by atoms with Crippen molar-refractivity contribution in [3.8, 4) is 0 Å². The quantitative estimate of drug-likeness (QED) is 0.899. The molecule has 140 valence electrons. The second-order valence-corrected chi connectivity index (χ2v) is 8.40. The van der Waals surface area contributed by atoms with Crippen molar-refractivity contribution in [2.75, 3.05) is 11.9 Å². The monoisotopic (exact) mass is 356 g/mol. The molecule has 1 saturated heterocycles. The smallest absolute Gasteiger partial charge is 0.226 e. The molecule has 1 aliphatic carbocycles. The van der Waals surface area contributed by atoms with Crippen LogP contribution in [-0.4, -0.2) is 32.7 Å². The van der Waals surface area contributed by atoms with Gasteiger partial charge in [-0.3, -0.25) is 14.7 Å². The zero-order valence-corrected chi connectivity index (χ0v) is 15.9. The van der Waals surface area contributed by atoms with Gasteiger partial charge in [-0.05, 0) is 70.9 Å². The molecule has 26 heavy (non-hydrogen) atoms. The third-order valence-electron chi connectivity index (χ3n) is 5.64. The maximum Gasteiger partial charge on any atom is 0.226 e. The summed E-state index contributed by atoms with van der Waals surface area (Å²) < 4.78 is 7.90. The van der Waals surface area contributed by atoms with Crippen LogP contribution in [0.5, 0.6) is 0 Å². The molecule has 1 aliphatic heterocycles. The first-order valence-electron chi connectivity index (χ1n) is 9.71. The zero-order valence-electron chi connectivity index (χ0n) is 15.9. The van der Waals surface area contributed by atoms with Crippen LogP contribution < -0.4 is 5.32 Å². The number of amides is 1. The number of aromatic nitrogens is 3. The molecule has 6 nitrogen and oxygen atoms in total. The predicted molar refractivity (Wildman–Crippen MR) is 101 cm³/mol. The number of aryl methyl sites for hydroxylation is 1. The van der Waals surface area contributed by atoms with Crippen molar-refractivity contribution in [3.05, 3.63) is 17.8 Å². The molecule has 1 amide bonds. The topological polar surface area (TPSA) is 69.0 Å². The predicted octanol–water partition coefficient (Wildman–Crippen LogP) is 4.00. The van der Waals surface area contributed by atoms with E-state index >= 15 is 0 Å². The van der Waals surface area contributed by atoms with Gasteiger partial charge in [-0.2, -0.15) is 0 Å². The highest BCUT2D eigenvalue weighted by Crippen LogP contribution is 2.37. The van der Waals surface area contributed by atoms with Gasteiger partial charge >= 0.3 is 0 Å². The Morgan fingerprint density at radius 1 is 1.31 bits per heavy atom. The third kappa shape index (κ3) is 3.47. The van der Waals surface area contributed by atoms with E-state index in [2.05, 4.69) is 33.7 Å². The average molecular weight is 356 g/mol.